The number of benzene rings is 2. The molecule has 2 amide bonds. The van der Waals surface area contributed by atoms with Gasteiger partial charge in [0, 0.05) is 16.7 Å². The minimum Gasteiger partial charge on any atom is -0.457 e. The van der Waals surface area contributed by atoms with Crippen LogP contribution in [0.4, 0.5) is 9.18 Å². The topological polar surface area (TPSA) is 50.5 Å². The van der Waals surface area contributed by atoms with Crippen molar-refractivity contribution in [2.24, 2.45) is 0 Å². The zero-order chi connectivity index (χ0) is 19.7. The van der Waals surface area contributed by atoms with Crippen LogP contribution in [0.5, 0.6) is 0 Å². The molecule has 0 saturated carbocycles. The molecule has 0 N–H and O–H groups in total. The SMILES string of the molecule is O=C1S/C(=C\c2ccc(-c3ccc(F)cc3)o2)C(=O)N1Cc1ccc(Cl)cc1. The number of furan rings is 1. The molecule has 28 heavy (non-hydrogen) atoms. The average molecular weight is 414 g/mol. The maximum Gasteiger partial charge on any atom is 0.293 e. The lowest BCUT2D eigenvalue weighted by Crippen LogP contribution is -2.27. The fourth-order valence-electron chi connectivity index (χ4n) is 2.74. The quantitative estimate of drug-likeness (QED) is 0.494. The molecule has 140 valence electrons. The van der Waals surface area contributed by atoms with Crippen molar-refractivity contribution in [2.75, 3.05) is 0 Å². The average Bonchev–Trinajstić information content (AvgIpc) is 3.24. The predicted molar refractivity (Wildman–Crippen MR) is 107 cm³/mol. The van der Waals surface area contributed by atoms with Gasteiger partial charge in [-0.1, -0.05) is 23.7 Å². The largest absolute Gasteiger partial charge is 0.457 e. The first kappa shape index (κ1) is 18.5. The number of hydrogen-bond acceptors (Lipinski definition) is 4. The molecule has 1 aromatic heterocycles. The van der Waals surface area contributed by atoms with Gasteiger partial charge in [0.05, 0.1) is 11.4 Å². The van der Waals surface area contributed by atoms with E-state index in [9.17, 15) is 14.0 Å². The molecule has 0 atom stereocenters. The number of carbonyl (C=O) groups is 2. The highest BCUT2D eigenvalue weighted by Gasteiger charge is 2.35. The molecule has 2 heterocycles. The fourth-order valence-corrected chi connectivity index (χ4v) is 3.68. The molecule has 3 aromatic rings. The summed E-state index contributed by atoms with van der Waals surface area (Å²) < 4.78 is 18.8. The van der Waals surface area contributed by atoms with E-state index in [2.05, 4.69) is 0 Å². The van der Waals surface area contributed by atoms with Crippen molar-refractivity contribution in [1.82, 2.24) is 4.90 Å². The zero-order valence-corrected chi connectivity index (χ0v) is 16.0. The van der Waals surface area contributed by atoms with E-state index < -0.39 is 0 Å². The molecule has 7 heteroatoms. The fraction of sp³-hybridized carbons (Fsp3) is 0.0476. The normalized spacial score (nSPS) is 15.6. The van der Waals surface area contributed by atoms with Crippen LogP contribution >= 0.6 is 23.4 Å². The van der Waals surface area contributed by atoms with E-state index >= 15 is 0 Å². The smallest absolute Gasteiger partial charge is 0.293 e. The third-order valence-electron chi connectivity index (χ3n) is 4.16. The summed E-state index contributed by atoms with van der Waals surface area (Å²) in [7, 11) is 0. The molecule has 0 radical (unpaired) electrons. The van der Waals surface area contributed by atoms with E-state index in [4.69, 9.17) is 16.0 Å². The van der Waals surface area contributed by atoms with Crippen LogP contribution in [0.3, 0.4) is 0 Å². The van der Waals surface area contributed by atoms with Crippen LogP contribution in [0, 0.1) is 5.82 Å². The number of hydrogen-bond donors (Lipinski definition) is 0. The van der Waals surface area contributed by atoms with Gasteiger partial charge in [0.25, 0.3) is 11.1 Å². The van der Waals surface area contributed by atoms with Gasteiger partial charge in [-0.2, -0.15) is 0 Å². The number of nitrogens with zero attached hydrogens (tertiary/aromatic N) is 1. The molecular formula is C21H13ClFNO3S. The highest BCUT2D eigenvalue weighted by Crippen LogP contribution is 2.34. The summed E-state index contributed by atoms with van der Waals surface area (Å²) in [6.45, 7) is 0.179. The third kappa shape index (κ3) is 3.88. The summed E-state index contributed by atoms with van der Waals surface area (Å²) in [5.74, 6) is 0.289. The molecule has 1 aliphatic rings. The van der Waals surface area contributed by atoms with Crippen LogP contribution in [-0.2, 0) is 11.3 Å². The van der Waals surface area contributed by atoms with Crippen LogP contribution < -0.4 is 0 Å². The van der Waals surface area contributed by atoms with Gasteiger partial charge in [-0.15, -0.1) is 0 Å². The Balaban J connectivity index is 1.52. The van der Waals surface area contributed by atoms with E-state index in [1.165, 1.54) is 17.0 Å². The standard InChI is InChI=1S/C21H13ClFNO3S/c22-15-5-1-13(2-6-15)12-24-20(25)19(28-21(24)26)11-17-9-10-18(27-17)14-3-7-16(23)8-4-14/h1-11H,12H2/b19-11-. The highest BCUT2D eigenvalue weighted by molar-refractivity contribution is 8.18. The van der Waals surface area contributed by atoms with Gasteiger partial charge < -0.3 is 4.42 Å². The van der Waals surface area contributed by atoms with Gasteiger partial charge in [-0.3, -0.25) is 14.5 Å². The Bertz CT molecular complexity index is 1070. The predicted octanol–water partition coefficient (Wildman–Crippen LogP) is 5.98. The molecule has 1 saturated heterocycles. The number of amides is 2. The molecule has 4 nitrogen and oxygen atoms in total. The van der Waals surface area contributed by atoms with E-state index in [0.29, 0.717) is 21.4 Å². The van der Waals surface area contributed by atoms with Crippen molar-refractivity contribution in [3.8, 4) is 11.3 Å². The first-order valence-electron chi connectivity index (χ1n) is 8.35. The van der Waals surface area contributed by atoms with Crippen molar-refractivity contribution in [3.05, 3.63) is 87.7 Å². The highest BCUT2D eigenvalue weighted by atomic mass is 35.5. The van der Waals surface area contributed by atoms with Crippen molar-refractivity contribution in [2.45, 2.75) is 6.54 Å². The van der Waals surface area contributed by atoms with Crippen molar-refractivity contribution < 1.29 is 18.4 Å². The van der Waals surface area contributed by atoms with Gasteiger partial charge in [0.15, 0.2) is 0 Å². The summed E-state index contributed by atoms with van der Waals surface area (Å²) >= 11 is 6.73. The second-order valence-electron chi connectivity index (χ2n) is 6.10. The monoisotopic (exact) mass is 413 g/mol. The zero-order valence-electron chi connectivity index (χ0n) is 14.4. The van der Waals surface area contributed by atoms with E-state index in [-0.39, 0.29) is 23.5 Å². The van der Waals surface area contributed by atoms with Crippen LogP contribution in [0.2, 0.25) is 5.02 Å². The lowest BCUT2D eigenvalue weighted by atomic mass is 10.2. The van der Waals surface area contributed by atoms with Crippen LogP contribution in [0.25, 0.3) is 17.4 Å². The summed E-state index contributed by atoms with van der Waals surface area (Å²) in [4.78, 5) is 26.3. The molecule has 2 aromatic carbocycles. The molecule has 0 unspecified atom stereocenters. The van der Waals surface area contributed by atoms with E-state index in [0.717, 1.165) is 22.9 Å². The van der Waals surface area contributed by atoms with Crippen molar-refractivity contribution in [3.63, 3.8) is 0 Å². The molecular weight excluding hydrogens is 401 g/mol. The van der Waals surface area contributed by atoms with Gasteiger partial charge >= 0.3 is 0 Å². The van der Waals surface area contributed by atoms with E-state index in [1.54, 1.807) is 54.6 Å². The minimum absolute atomic E-state index is 0.179. The molecule has 4 rings (SSSR count). The summed E-state index contributed by atoms with van der Waals surface area (Å²) in [5.41, 5.74) is 1.53. The van der Waals surface area contributed by atoms with Crippen LogP contribution in [0.1, 0.15) is 11.3 Å². The summed E-state index contributed by atoms with van der Waals surface area (Å²) in [6, 6.07) is 16.3. The van der Waals surface area contributed by atoms with Gasteiger partial charge in [-0.05, 0) is 65.9 Å². The molecule has 1 fully saturated rings. The second kappa shape index (κ2) is 7.66. The summed E-state index contributed by atoms with van der Waals surface area (Å²) in [5, 5.41) is 0.254. The molecule has 0 aliphatic carbocycles. The Kier molecular flexibility index (Phi) is 5.07. The number of carbonyl (C=O) groups excluding carboxylic acids is 2. The Labute approximate surface area is 169 Å². The van der Waals surface area contributed by atoms with E-state index in [1.807, 2.05) is 0 Å². The minimum atomic E-state index is -0.371. The maximum atomic E-state index is 13.0. The number of halogens is 2. The Morgan fingerprint density at radius 3 is 2.43 bits per heavy atom. The number of rotatable bonds is 4. The number of imide groups is 1. The van der Waals surface area contributed by atoms with Crippen LogP contribution in [-0.4, -0.2) is 16.0 Å². The number of thioether (sulfide) groups is 1. The lowest BCUT2D eigenvalue weighted by molar-refractivity contribution is -0.123. The summed E-state index contributed by atoms with van der Waals surface area (Å²) in [6.07, 6.45) is 1.54. The van der Waals surface area contributed by atoms with Crippen molar-refractivity contribution >= 4 is 40.6 Å². The third-order valence-corrected chi connectivity index (χ3v) is 5.32. The Hall–Kier alpha value is -2.83. The second-order valence-corrected chi connectivity index (χ2v) is 7.53. The molecule has 0 bridgehead atoms. The van der Waals surface area contributed by atoms with Gasteiger partial charge in [-0.25, -0.2) is 4.39 Å². The van der Waals surface area contributed by atoms with Crippen LogP contribution in [0.15, 0.2) is 70.0 Å². The first-order chi connectivity index (χ1) is 13.5. The Morgan fingerprint density at radius 1 is 1.00 bits per heavy atom. The molecule has 0 spiro atoms. The van der Waals surface area contributed by atoms with Crippen molar-refractivity contribution in [1.29, 1.82) is 0 Å². The maximum absolute atomic E-state index is 13.0. The molecule has 1 aliphatic heterocycles. The lowest BCUT2D eigenvalue weighted by Gasteiger charge is -2.12. The van der Waals surface area contributed by atoms with Gasteiger partial charge in [0.2, 0.25) is 0 Å². The van der Waals surface area contributed by atoms with Gasteiger partial charge in [0.1, 0.15) is 17.3 Å². The first-order valence-corrected chi connectivity index (χ1v) is 9.54. The Morgan fingerprint density at radius 2 is 1.71 bits per heavy atom.